The van der Waals surface area contributed by atoms with Gasteiger partial charge in [0, 0.05) is 24.0 Å². The maximum Gasteiger partial charge on any atom is 0.416 e. The number of hydrogen-bond donors (Lipinski definition) is 1. The fourth-order valence-electron chi connectivity index (χ4n) is 3.07. The standard InChI is InChI=1S/C19H15F3N4O3S2/c20-19(21,22)12-4-3-5-13(10-12)31(28,29)26-9-7-14-16(11-26)30-18(24-14)25-17(27)15-6-1-2-8-23-15/h1-6,8,10H,7,9,11H2,(H,24,25,27). The van der Waals surface area contributed by atoms with E-state index in [0.29, 0.717) is 21.8 Å². The lowest BCUT2D eigenvalue weighted by atomic mass is 10.2. The largest absolute Gasteiger partial charge is 0.416 e. The summed E-state index contributed by atoms with van der Waals surface area (Å²) in [6.07, 6.45) is -2.87. The number of halogens is 3. The zero-order chi connectivity index (χ0) is 22.2. The van der Waals surface area contributed by atoms with E-state index >= 15 is 0 Å². The van der Waals surface area contributed by atoms with E-state index in [-0.39, 0.29) is 25.2 Å². The van der Waals surface area contributed by atoms with Gasteiger partial charge in [-0.2, -0.15) is 17.5 Å². The summed E-state index contributed by atoms with van der Waals surface area (Å²) in [5, 5.41) is 2.94. The number of carbonyl (C=O) groups excluding carboxylic acids is 1. The van der Waals surface area contributed by atoms with Gasteiger partial charge in [0.15, 0.2) is 5.13 Å². The number of carbonyl (C=O) groups is 1. The number of hydrogen-bond acceptors (Lipinski definition) is 6. The third kappa shape index (κ3) is 4.45. The molecule has 0 spiro atoms. The number of rotatable bonds is 4. The van der Waals surface area contributed by atoms with Gasteiger partial charge in [0.25, 0.3) is 5.91 Å². The van der Waals surface area contributed by atoms with Crippen LogP contribution in [0.25, 0.3) is 0 Å². The maximum absolute atomic E-state index is 13.0. The van der Waals surface area contributed by atoms with E-state index < -0.39 is 32.6 Å². The number of alkyl halides is 3. The molecule has 0 atom stereocenters. The van der Waals surface area contributed by atoms with Crippen LogP contribution in [0.1, 0.15) is 26.6 Å². The number of anilines is 1. The van der Waals surface area contributed by atoms with Crippen molar-refractivity contribution < 1.29 is 26.4 Å². The molecule has 3 heterocycles. The molecule has 7 nitrogen and oxygen atoms in total. The van der Waals surface area contributed by atoms with E-state index in [1.54, 1.807) is 18.2 Å². The first-order chi connectivity index (χ1) is 14.6. The van der Waals surface area contributed by atoms with Crippen molar-refractivity contribution in [2.24, 2.45) is 0 Å². The summed E-state index contributed by atoms with van der Waals surface area (Å²) in [6.45, 7) is 0.0357. The molecule has 2 aromatic heterocycles. The van der Waals surface area contributed by atoms with Crippen molar-refractivity contribution in [3.05, 3.63) is 70.5 Å². The quantitative estimate of drug-likeness (QED) is 0.632. The molecule has 4 rings (SSSR count). The topological polar surface area (TPSA) is 92.3 Å². The monoisotopic (exact) mass is 468 g/mol. The van der Waals surface area contributed by atoms with Gasteiger partial charge in [-0.15, -0.1) is 11.3 Å². The highest BCUT2D eigenvalue weighted by atomic mass is 32.2. The maximum atomic E-state index is 13.0. The Morgan fingerprint density at radius 3 is 2.68 bits per heavy atom. The van der Waals surface area contributed by atoms with Crippen LogP contribution in [0, 0.1) is 0 Å². The number of aromatic nitrogens is 2. The Bertz CT molecular complexity index is 1230. The first-order valence-corrected chi connectivity index (χ1v) is 11.3. The summed E-state index contributed by atoms with van der Waals surface area (Å²) in [7, 11) is -4.13. The van der Waals surface area contributed by atoms with Crippen LogP contribution >= 0.6 is 11.3 Å². The normalized spacial score (nSPS) is 14.8. The number of sulfonamides is 1. The average Bonchev–Trinajstić information content (AvgIpc) is 3.15. The van der Waals surface area contributed by atoms with Crippen LogP contribution in [0.2, 0.25) is 0 Å². The summed E-state index contributed by atoms with van der Waals surface area (Å²) < 4.78 is 65.9. The highest BCUT2D eigenvalue weighted by Crippen LogP contribution is 2.34. The van der Waals surface area contributed by atoms with Gasteiger partial charge in [0.2, 0.25) is 10.0 Å². The minimum absolute atomic E-state index is 0.0367. The summed E-state index contributed by atoms with van der Waals surface area (Å²) >= 11 is 1.12. The molecule has 31 heavy (non-hydrogen) atoms. The van der Waals surface area contributed by atoms with E-state index in [2.05, 4.69) is 15.3 Å². The molecule has 0 fully saturated rings. The molecule has 1 aromatic carbocycles. The van der Waals surface area contributed by atoms with Crippen molar-refractivity contribution in [1.29, 1.82) is 0 Å². The minimum atomic E-state index is -4.64. The number of nitrogens with zero attached hydrogens (tertiary/aromatic N) is 3. The molecular weight excluding hydrogens is 453 g/mol. The van der Waals surface area contributed by atoms with Gasteiger partial charge in [0.1, 0.15) is 5.69 Å². The van der Waals surface area contributed by atoms with Crippen LogP contribution in [-0.2, 0) is 29.2 Å². The number of nitrogens with one attached hydrogen (secondary N) is 1. The van der Waals surface area contributed by atoms with Crippen LogP contribution in [0.5, 0.6) is 0 Å². The van der Waals surface area contributed by atoms with Crippen molar-refractivity contribution in [3.63, 3.8) is 0 Å². The molecule has 3 aromatic rings. The summed E-state index contributed by atoms with van der Waals surface area (Å²) in [4.78, 5) is 20.7. The second kappa shape index (κ2) is 8.02. The Balaban J connectivity index is 1.53. The van der Waals surface area contributed by atoms with E-state index in [1.165, 1.54) is 6.20 Å². The molecule has 0 aliphatic carbocycles. The predicted octanol–water partition coefficient (Wildman–Crippen LogP) is 3.56. The number of amides is 1. The van der Waals surface area contributed by atoms with Gasteiger partial charge in [-0.3, -0.25) is 15.1 Å². The number of thiazole rings is 1. The Kier molecular flexibility index (Phi) is 5.54. The molecule has 0 unspecified atom stereocenters. The van der Waals surface area contributed by atoms with Gasteiger partial charge in [-0.1, -0.05) is 12.1 Å². The van der Waals surface area contributed by atoms with Crippen LogP contribution < -0.4 is 5.32 Å². The Hall–Kier alpha value is -2.83. The van der Waals surface area contributed by atoms with E-state index in [4.69, 9.17) is 0 Å². The molecule has 1 aliphatic rings. The third-order valence-electron chi connectivity index (χ3n) is 4.61. The van der Waals surface area contributed by atoms with Gasteiger partial charge in [-0.25, -0.2) is 13.4 Å². The zero-order valence-electron chi connectivity index (χ0n) is 15.8. The molecular formula is C19H15F3N4O3S2. The van der Waals surface area contributed by atoms with Gasteiger partial charge in [0.05, 0.1) is 22.7 Å². The molecule has 0 saturated heterocycles. The minimum Gasteiger partial charge on any atom is -0.296 e. The Labute approximate surface area is 179 Å². The van der Waals surface area contributed by atoms with Gasteiger partial charge >= 0.3 is 6.18 Å². The second-order valence-electron chi connectivity index (χ2n) is 6.67. The van der Waals surface area contributed by atoms with E-state index in [0.717, 1.165) is 33.8 Å². The molecule has 0 bridgehead atoms. The van der Waals surface area contributed by atoms with E-state index in [9.17, 15) is 26.4 Å². The van der Waals surface area contributed by atoms with Gasteiger partial charge < -0.3 is 0 Å². The zero-order valence-corrected chi connectivity index (χ0v) is 17.4. The van der Waals surface area contributed by atoms with Crippen LogP contribution in [0.4, 0.5) is 18.3 Å². The van der Waals surface area contributed by atoms with Crippen LogP contribution in [-0.4, -0.2) is 35.1 Å². The highest BCUT2D eigenvalue weighted by Gasteiger charge is 2.34. The highest BCUT2D eigenvalue weighted by molar-refractivity contribution is 7.89. The lowest BCUT2D eigenvalue weighted by Gasteiger charge is -2.25. The molecule has 0 saturated carbocycles. The predicted molar refractivity (Wildman–Crippen MR) is 107 cm³/mol. The van der Waals surface area contributed by atoms with Crippen LogP contribution in [0.15, 0.2) is 53.6 Å². The Morgan fingerprint density at radius 1 is 1.16 bits per heavy atom. The summed E-state index contributed by atoms with van der Waals surface area (Å²) in [6, 6.07) is 8.58. The van der Waals surface area contributed by atoms with Crippen molar-refractivity contribution in [3.8, 4) is 0 Å². The van der Waals surface area contributed by atoms with Gasteiger partial charge in [-0.05, 0) is 30.3 Å². The molecule has 162 valence electrons. The van der Waals surface area contributed by atoms with Crippen molar-refractivity contribution >= 4 is 32.4 Å². The molecule has 12 heteroatoms. The molecule has 1 N–H and O–H groups in total. The third-order valence-corrected chi connectivity index (χ3v) is 7.45. The fraction of sp³-hybridized carbons (Fsp3) is 0.211. The Morgan fingerprint density at radius 2 is 1.97 bits per heavy atom. The summed E-state index contributed by atoms with van der Waals surface area (Å²) in [5.41, 5.74) is -0.162. The molecule has 1 aliphatic heterocycles. The van der Waals surface area contributed by atoms with Crippen molar-refractivity contribution in [2.75, 3.05) is 11.9 Å². The second-order valence-corrected chi connectivity index (χ2v) is 9.69. The fourth-order valence-corrected chi connectivity index (χ4v) is 5.63. The van der Waals surface area contributed by atoms with E-state index in [1.807, 2.05) is 0 Å². The smallest absolute Gasteiger partial charge is 0.296 e. The summed E-state index contributed by atoms with van der Waals surface area (Å²) in [5.74, 6) is -0.444. The molecule has 1 amide bonds. The first kappa shape index (κ1) is 21.4. The number of benzene rings is 1. The van der Waals surface area contributed by atoms with Crippen molar-refractivity contribution in [2.45, 2.75) is 24.0 Å². The lowest BCUT2D eigenvalue weighted by Crippen LogP contribution is -2.35. The SMILES string of the molecule is O=C(Nc1nc2c(s1)CN(S(=O)(=O)c1cccc(C(F)(F)F)c1)CC2)c1ccccn1. The number of pyridine rings is 1. The van der Waals surface area contributed by atoms with Crippen molar-refractivity contribution in [1.82, 2.24) is 14.3 Å². The lowest BCUT2D eigenvalue weighted by molar-refractivity contribution is -0.137. The molecule has 0 radical (unpaired) electrons. The first-order valence-electron chi connectivity index (χ1n) is 9.03. The van der Waals surface area contributed by atoms with Crippen LogP contribution in [0.3, 0.4) is 0 Å². The number of fused-ring (bicyclic) bond motifs is 1. The average molecular weight is 468 g/mol.